The molecular formula is C20H34O2. The summed E-state index contributed by atoms with van der Waals surface area (Å²) in [4.78, 5) is 0. The molecule has 0 aromatic carbocycles. The minimum Gasteiger partial charge on any atom is -0.389 e. The van der Waals surface area contributed by atoms with Crippen LogP contribution in [0.15, 0.2) is 34.9 Å². The molecule has 2 atom stereocenters. The second kappa shape index (κ2) is 8.69. The molecule has 1 aliphatic rings. The quantitative estimate of drug-likeness (QED) is 0.674. The smallest absolute Gasteiger partial charge is 0.0880 e. The second-order valence-electron chi connectivity index (χ2n) is 7.29. The Morgan fingerprint density at radius 2 is 1.73 bits per heavy atom. The van der Waals surface area contributed by atoms with Gasteiger partial charge in [0.15, 0.2) is 0 Å². The number of rotatable bonds is 1. The molecule has 2 N–H and O–H groups in total. The van der Waals surface area contributed by atoms with Gasteiger partial charge in [0.05, 0.1) is 11.7 Å². The third kappa shape index (κ3) is 6.10. The highest BCUT2D eigenvalue weighted by Crippen LogP contribution is 2.29. The lowest BCUT2D eigenvalue weighted by Crippen LogP contribution is -2.37. The molecule has 0 radical (unpaired) electrons. The van der Waals surface area contributed by atoms with E-state index in [1.54, 1.807) is 0 Å². The molecule has 0 aliphatic heterocycles. The van der Waals surface area contributed by atoms with Gasteiger partial charge in [-0.05, 0) is 64.4 Å². The van der Waals surface area contributed by atoms with Crippen molar-refractivity contribution in [2.24, 2.45) is 5.92 Å². The van der Waals surface area contributed by atoms with Gasteiger partial charge in [-0.15, -0.1) is 0 Å². The molecule has 0 saturated heterocycles. The Kier molecular flexibility index (Phi) is 7.58. The summed E-state index contributed by atoms with van der Waals surface area (Å²) >= 11 is 0. The molecule has 126 valence electrons. The first-order valence-corrected chi connectivity index (χ1v) is 8.65. The van der Waals surface area contributed by atoms with E-state index in [0.717, 1.165) is 37.7 Å². The fourth-order valence-electron chi connectivity index (χ4n) is 2.93. The van der Waals surface area contributed by atoms with E-state index in [0.29, 0.717) is 6.42 Å². The molecule has 0 amide bonds. The molecule has 22 heavy (non-hydrogen) atoms. The molecule has 2 heteroatoms. The van der Waals surface area contributed by atoms with Crippen molar-refractivity contribution in [3.8, 4) is 0 Å². The Morgan fingerprint density at radius 3 is 2.36 bits per heavy atom. The van der Waals surface area contributed by atoms with Crippen LogP contribution in [-0.2, 0) is 0 Å². The van der Waals surface area contributed by atoms with Crippen LogP contribution >= 0.6 is 0 Å². The molecule has 1 rings (SSSR count). The van der Waals surface area contributed by atoms with Crippen molar-refractivity contribution in [1.29, 1.82) is 0 Å². The van der Waals surface area contributed by atoms with Gasteiger partial charge >= 0.3 is 0 Å². The van der Waals surface area contributed by atoms with Crippen molar-refractivity contribution in [3.63, 3.8) is 0 Å². The summed E-state index contributed by atoms with van der Waals surface area (Å²) in [5.74, 6) is 0.0833. The largest absolute Gasteiger partial charge is 0.389 e. The van der Waals surface area contributed by atoms with Gasteiger partial charge < -0.3 is 10.2 Å². The molecule has 0 aromatic heterocycles. The zero-order valence-electron chi connectivity index (χ0n) is 15.0. The van der Waals surface area contributed by atoms with Crippen LogP contribution in [-0.4, -0.2) is 21.9 Å². The lowest BCUT2D eigenvalue weighted by molar-refractivity contribution is 0.00120. The molecule has 0 spiro atoms. The van der Waals surface area contributed by atoms with Crippen molar-refractivity contribution in [2.75, 3.05) is 0 Å². The van der Waals surface area contributed by atoms with Gasteiger partial charge in [-0.25, -0.2) is 0 Å². The van der Waals surface area contributed by atoms with E-state index in [1.807, 2.05) is 26.8 Å². The Hall–Kier alpha value is -0.860. The van der Waals surface area contributed by atoms with E-state index in [1.165, 1.54) is 11.1 Å². The molecular weight excluding hydrogens is 272 g/mol. The topological polar surface area (TPSA) is 40.5 Å². The summed E-state index contributed by atoms with van der Waals surface area (Å²) in [6.07, 6.45) is 11.4. The van der Waals surface area contributed by atoms with Gasteiger partial charge in [-0.3, -0.25) is 0 Å². The predicted molar refractivity (Wildman–Crippen MR) is 94.8 cm³/mol. The van der Waals surface area contributed by atoms with E-state index >= 15 is 0 Å². The van der Waals surface area contributed by atoms with E-state index < -0.39 is 11.7 Å². The van der Waals surface area contributed by atoms with Gasteiger partial charge in [0, 0.05) is 6.42 Å². The van der Waals surface area contributed by atoms with Crippen LogP contribution in [0.4, 0.5) is 0 Å². The minimum absolute atomic E-state index is 0.0833. The fraction of sp³-hybridized carbons (Fsp3) is 0.700. The molecule has 0 aromatic rings. The van der Waals surface area contributed by atoms with Gasteiger partial charge in [0.25, 0.3) is 0 Å². The first-order chi connectivity index (χ1) is 10.2. The molecule has 2 nitrogen and oxygen atoms in total. The first kappa shape index (κ1) is 19.2. The van der Waals surface area contributed by atoms with Crippen molar-refractivity contribution in [3.05, 3.63) is 34.9 Å². The third-order valence-corrected chi connectivity index (χ3v) is 4.82. The molecule has 0 heterocycles. The number of aliphatic hydroxyl groups excluding tert-OH is 1. The van der Waals surface area contributed by atoms with Gasteiger partial charge in [0.1, 0.15) is 0 Å². The highest BCUT2D eigenvalue weighted by molar-refractivity contribution is 5.16. The predicted octanol–water partition coefficient (Wildman–Crippen LogP) is 4.93. The Bertz CT molecular complexity index is 443. The van der Waals surface area contributed by atoms with Crippen LogP contribution in [0.3, 0.4) is 0 Å². The number of aliphatic hydroxyl groups is 2. The maximum atomic E-state index is 11.0. The van der Waals surface area contributed by atoms with Crippen molar-refractivity contribution in [1.82, 2.24) is 0 Å². The summed E-state index contributed by atoms with van der Waals surface area (Å²) in [6.45, 7) is 10.3. The molecule has 0 saturated carbocycles. The summed E-state index contributed by atoms with van der Waals surface area (Å²) in [6, 6.07) is 0. The summed E-state index contributed by atoms with van der Waals surface area (Å²) in [5, 5.41) is 21.4. The van der Waals surface area contributed by atoms with Crippen molar-refractivity contribution < 1.29 is 10.2 Å². The average Bonchev–Trinajstić information content (AvgIpc) is 2.42. The molecule has 1 aliphatic carbocycles. The zero-order chi connectivity index (χ0) is 16.8. The van der Waals surface area contributed by atoms with Gasteiger partial charge in [0.2, 0.25) is 0 Å². The maximum absolute atomic E-state index is 11.0. The van der Waals surface area contributed by atoms with E-state index in [2.05, 4.69) is 26.0 Å². The lowest BCUT2D eigenvalue weighted by atomic mass is 9.81. The number of hydrogen-bond donors (Lipinski definition) is 2. The van der Waals surface area contributed by atoms with E-state index in [9.17, 15) is 10.2 Å². The molecule has 0 bridgehead atoms. The van der Waals surface area contributed by atoms with Crippen LogP contribution < -0.4 is 0 Å². The van der Waals surface area contributed by atoms with Gasteiger partial charge in [-0.1, -0.05) is 43.2 Å². The standard InChI is InChI=1S/C20H34O2/c1-15(2)20(22)13-17(4)10-7-6-9-16(3)11-8-12-18(5)19(21)14-20/h9,12-13,15,19,21-22H,6-8,10-11,14H2,1-5H3/b16-9+,17-13+,18-12+/t19-,20+/m1/s1. The van der Waals surface area contributed by atoms with E-state index in [4.69, 9.17) is 0 Å². The van der Waals surface area contributed by atoms with Crippen LogP contribution in [0.1, 0.15) is 73.1 Å². The Balaban J connectivity index is 3.03. The summed E-state index contributed by atoms with van der Waals surface area (Å²) in [7, 11) is 0. The maximum Gasteiger partial charge on any atom is 0.0880 e. The summed E-state index contributed by atoms with van der Waals surface area (Å²) in [5.41, 5.74) is 2.67. The number of allylic oxidation sites excluding steroid dienone is 4. The van der Waals surface area contributed by atoms with Crippen LogP contribution in [0, 0.1) is 5.92 Å². The second-order valence-corrected chi connectivity index (χ2v) is 7.29. The van der Waals surface area contributed by atoms with Gasteiger partial charge in [-0.2, -0.15) is 0 Å². The zero-order valence-corrected chi connectivity index (χ0v) is 15.0. The molecule has 0 fully saturated rings. The highest BCUT2D eigenvalue weighted by Gasteiger charge is 2.31. The van der Waals surface area contributed by atoms with Crippen LogP contribution in [0.2, 0.25) is 0 Å². The Morgan fingerprint density at radius 1 is 1.05 bits per heavy atom. The van der Waals surface area contributed by atoms with Crippen LogP contribution in [0.25, 0.3) is 0 Å². The van der Waals surface area contributed by atoms with Crippen molar-refractivity contribution in [2.45, 2.75) is 84.8 Å². The molecule has 0 unspecified atom stereocenters. The fourth-order valence-corrected chi connectivity index (χ4v) is 2.93. The monoisotopic (exact) mass is 306 g/mol. The SMILES string of the molecule is C/C1=C\CCC/C(C)=C/[C@@](O)(C(C)C)C[C@@H](O)/C(C)=C/CC1. The normalized spacial score (nSPS) is 36.5. The highest BCUT2D eigenvalue weighted by atomic mass is 16.3. The van der Waals surface area contributed by atoms with Crippen molar-refractivity contribution >= 4 is 0 Å². The summed E-state index contributed by atoms with van der Waals surface area (Å²) < 4.78 is 0. The third-order valence-electron chi connectivity index (χ3n) is 4.82. The lowest BCUT2D eigenvalue weighted by Gasteiger charge is -2.32. The Labute approximate surface area is 136 Å². The first-order valence-electron chi connectivity index (χ1n) is 8.65. The number of hydrogen-bond acceptors (Lipinski definition) is 2. The average molecular weight is 306 g/mol. The van der Waals surface area contributed by atoms with Crippen LogP contribution in [0.5, 0.6) is 0 Å². The minimum atomic E-state index is -0.936. The van der Waals surface area contributed by atoms with E-state index in [-0.39, 0.29) is 5.92 Å².